The monoisotopic (exact) mass is 350 g/mol. The Morgan fingerprint density at radius 3 is 3.05 bits per heavy atom. The maximum atomic E-state index is 5.26. The van der Waals surface area contributed by atoms with Crippen LogP contribution in [0.3, 0.4) is 0 Å². The van der Waals surface area contributed by atoms with Crippen molar-refractivity contribution in [2.45, 2.75) is 10.9 Å². The van der Waals surface area contributed by atoms with Gasteiger partial charge < -0.3 is 9.09 Å². The summed E-state index contributed by atoms with van der Waals surface area (Å²) in [4.78, 5) is 8.63. The molecular formula is C13H11BrN4OS. The SMILES string of the molecule is Cn1ccnc1SCc1nc(-c2cccc(Br)c2)no1. The van der Waals surface area contributed by atoms with Crippen molar-refractivity contribution in [3.63, 3.8) is 0 Å². The van der Waals surface area contributed by atoms with Crippen LogP contribution in [0, 0.1) is 0 Å². The molecule has 0 aliphatic carbocycles. The number of hydrogen-bond donors (Lipinski definition) is 0. The number of thioether (sulfide) groups is 1. The minimum Gasteiger partial charge on any atom is -0.338 e. The van der Waals surface area contributed by atoms with E-state index in [0.717, 1.165) is 15.2 Å². The van der Waals surface area contributed by atoms with Gasteiger partial charge in [-0.05, 0) is 12.1 Å². The van der Waals surface area contributed by atoms with Crippen LogP contribution in [0.15, 0.2) is 50.8 Å². The highest BCUT2D eigenvalue weighted by Gasteiger charge is 2.10. The van der Waals surface area contributed by atoms with Crippen molar-refractivity contribution in [2.75, 3.05) is 0 Å². The molecule has 0 aliphatic heterocycles. The first-order valence-electron chi connectivity index (χ1n) is 5.91. The van der Waals surface area contributed by atoms with Gasteiger partial charge in [0.15, 0.2) is 5.16 Å². The van der Waals surface area contributed by atoms with Gasteiger partial charge in [0, 0.05) is 29.5 Å². The molecule has 102 valence electrons. The highest BCUT2D eigenvalue weighted by molar-refractivity contribution is 9.10. The molecule has 0 bridgehead atoms. The second-order valence-electron chi connectivity index (χ2n) is 4.13. The maximum Gasteiger partial charge on any atom is 0.237 e. The summed E-state index contributed by atoms with van der Waals surface area (Å²) >= 11 is 4.99. The lowest BCUT2D eigenvalue weighted by molar-refractivity contribution is 0.391. The lowest BCUT2D eigenvalue weighted by atomic mass is 10.2. The molecule has 0 amide bonds. The van der Waals surface area contributed by atoms with Gasteiger partial charge in [0.2, 0.25) is 11.7 Å². The molecule has 2 aromatic heterocycles. The Balaban J connectivity index is 1.72. The predicted octanol–water partition coefficient (Wildman–Crippen LogP) is 3.52. The predicted molar refractivity (Wildman–Crippen MR) is 80.2 cm³/mol. The fraction of sp³-hybridized carbons (Fsp3) is 0.154. The van der Waals surface area contributed by atoms with Crippen molar-refractivity contribution in [3.8, 4) is 11.4 Å². The third kappa shape index (κ3) is 2.94. The first-order chi connectivity index (χ1) is 9.72. The molecule has 7 heteroatoms. The van der Waals surface area contributed by atoms with Crippen LogP contribution in [0.2, 0.25) is 0 Å². The normalized spacial score (nSPS) is 10.9. The van der Waals surface area contributed by atoms with Crippen LogP contribution in [0.1, 0.15) is 5.89 Å². The molecule has 0 saturated heterocycles. The minimum absolute atomic E-state index is 0.591. The number of benzene rings is 1. The Morgan fingerprint density at radius 1 is 1.40 bits per heavy atom. The van der Waals surface area contributed by atoms with E-state index in [1.165, 1.54) is 0 Å². The quantitative estimate of drug-likeness (QED) is 0.673. The first kappa shape index (κ1) is 13.4. The van der Waals surface area contributed by atoms with E-state index in [1.807, 2.05) is 42.1 Å². The Labute approximate surface area is 128 Å². The van der Waals surface area contributed by atoms with E-state index in [0.29, 0.717) is 17.5 Å². The third-order valence-electron chi connectivity index (χ3n) is 2.65. The average Bonchev–Trinajstić information content (AvgIpc) is 3.05. The summed E-state index contributed by atoms with van der Waals surface area (Å²) in [6.07, 6.45) is 3.67. The van der Waals surface area contributed by atoms with Gasteiger partial charge in [-0.1, -0.05) is 45.0 Å². The number of imidazole rings is 1. The van der Waals surface area contributed by atoms with Crippen molar-refractivity contribution in [2.24, 2.45) is 7.05 Å². The minimum atomic E-state index is 0.591. The number of rotatable bonds is 4. The molecule has 0 spiro atoms. The van der Waals surface area contributed by atoms with Gasteiger partial charge in [-0.2, -0.15) is 4.98 Å². The summed E-state index contributed by atoms with van der Waals surface area (Å²) in [5.41, 5.74) is 0.927. The second-order valence-corrected chi connectivity index (χ2v) is 5.99. The lowest BCUT2D eigenvalue weighted by Crippen LogP contribution is -1.90. The van der Waals surface area contributed by atoms with Gasteiger partial charge in [0.25, 0.3) is 0 Å². The van der Waals surface area contributed by atoms with Crippen LogP contribution >= 0.6 is 27.7 Å². The van der Waals surface area contributed by atoms with Gasteiger partial charge in [-0.3, -0.25) is 0 Å². The molecule has 3 rings (SSSR count). The number of aromatic nitrogens is 4. The molecule has 5 nitrogen and oxygen atoms in total. The molecule has 1 aromatic carbocycles. The van der Waals surface area contributed by atoms with E-state index in [-0.39, 0.29) is 0 Å². The van der Waals surface area contributed by atoms with Crippen molar-refractivity contribution < 1.29 is 4.52 Å². The zero-order valence-corrected chi connectivity index (χ0v) is 13.1. The largest absolute Gasteiger partial charge is 0.338 e. The van der Waals surface area contributed by atoms with Crippen LogP contribution in [-0.2, 0) is 12.8 Å². The molecule has 20 heavy (non-hydrogen) atoms. The number of halogens is 1. The van der Waals surface area contributed by atoms with Gasteiger partial charge in [-0.25, -0.2) is 4.98 Å². The third-order valence-corrected chi connectivity index (χ3v) is 4.19. The molecule has 0 fully saturated rings. The zero-order chi connectivity index (χ0) is 13.9. The Morgan fingerprint density at radius 2 is 2.30 bits per heavy atom. The topological polar surface area (TPSA) is 56.7 Å². The molecule has 2 heterocycles. The molecular weight excluding hydrogens is 340 g/mol. The average molecular weight is 351 g/mol. The summed E-state index contributed by atoms with van der Waals surface area (Å²) in [6.45, 7) is 0. The first-order valence-corrected chi connectivity index (χ1v) is 7.69. The fourth-order valence-electron chi connectivity index (χ4n) is 1.68. The fourth-order valence-corrected chi connectivity index (χ4v) is 2.84. The molecule has 0 N–H and O–H groups in total. The van der Waals surface area contributed by atoms with E-state index >= 15 is 0 Å². The number of hydrogen-bond acceptors (Lipinski definition) is 5. The second kappa shape index (κ2) is 5.80. The van der Waals surface area contributed by atoms with Crippen LogP contribution in [0.25, 0.3) is 11.4 Å². The maximum absolute atomic E-state index is 5.26. The van der Waals surface area contributed by atoms with Crippen molar-refractivity contribution in [1.29, 1.82) is 0 Å². The molecule has 0 aliphatic rings. The Kier molecular flexibility index (Phi) is 3.88. The van der Waals surface area contributed by atoms with Gasteiger partial charge >= 0.3 is 0 Å². The van der Waals surface area contributed by atoms with Crippen LogP contribution in [0.4, 0.5) is 0 Å². The summed E-state index contributed by atoms with van der Waals surface area (Å²) in [5.74, 6) is 1.79. The van der Waals surface area contributed by atoms with E-state index < -0.39 is 0 Å². The summed E-state index contributed by atoms with van der Waals surface area (Å²) in [7, 11) is 1.95. The Hall–Kier alpha value is -1.60. The van der Waals surface area contributed by atoms with Crippen molar-refractivity contribution >= 4 is 27.7 Å². The van der Waals surface area contributed by atoms with E-state index in [1.54, 1.807) is 18.0 Å². The highest BCUT2D eigenvalue weighted by Crippen LogP contribution is 2.23. The number of nitrogens with zero attached hydrogens (tertiary/aromatic N) is 4. The van der Waals surface area contributed by atoms with Gasteiger partial charge in [0.05, 0.1) is 5.75 Å². The standard InChI is InChI=1S/C13H11BrN4OS/c1-18-6-5-15-13(18)20-8-11-16-12(17-19-11)9-3-2-4-10(14)7-9/h2-7H,8H2,1H3. The van der Waals surface area contributed by atoms with Gasteiger partial charge in [0.1, 0.15) is 0 Å². The lowest BCUT2D eigenvalue weighted by Gasteiger charge is -1.97. The van der Waals surface area contributed by atoms with Crippen LogP contribution in [-0.4, -0.2) is 19.7 Å². The molecule has 0 saturated carbocycles. The van der Waals surface area contributed by atoms with E-state index in [9.17, 15) is 0 Å². The van der Waals surface area contributed by atoms with E-state index in [2.05, 4.69) is 31.1 Å². The summed E-state index contributed by atoms with van der Waals surface area (Å²) < 4.78 is 8.21. The summed E-state index contributed by atoms with van der Waals surface area (Å²) in [6, 6.07) is 7.81. The molecule has 0 atom stereocenters. The van der Waals surface area contributed by atoms with Crippen molar-refractivity contribution in [3.05, 3.63) is 47.0 Å². The molecule has 3 aromatic rings. The number of aryl methyl sites for hydroxylation is 1. The molecule has 0 radical (unpaired) electrons. The highest BCUT2D eigenvalue weighted by atomic mass is 79.9. The smallest absolute Gasteiger partial charge is 0.237 e. The summed E-state index contributed by atoms with van der Waals surface area (Å²) in [5, 5.41) is 4.93. The Bertz CT molecular complexity index is 724. The zero-order valence-electron chi connectivity index (χ0n) is 10.7. The van der Waals surface area contributed by atoms with Crippen LogP contribution in [0.5, 0.6) is 0 Å². The van der Waals surface area contributed by atoms with Gasteiger partial charge in [-0.15, -0.1) is 0 Å². The van der Waals surface area contributed by atoms with E-state index in [4.69, 9.17) is 4.52 Å². The molecule has 0 unspecified atom stereocenters. The van der Waals surface area contributed by atoms with Crippen molar-refractivity contribution in [1.82, 2.24) is 19.7 Å². The van der Waals surface area contributed by atoms with Crippen LogP contribution < -0.4 is 0 Å².